The number of hydrogen-bond acceptors (Lipinski definition) is 7. The smallest absolute Gasteiger partial charge is 0.261 e. The van der Waals surface area contributed by atoms with Gasteiger partial charge in [-0.3, -0.25) is 19.3 Å². The largest absolute Gasteiger partial charge is 0.467 e. The van der Waals surface area contributed by atoms with E-state index in [0.717, 1.165) is 5.56 Å². The van der Waals surface area contributed by atoms with E-state index >= 15 is 0 Å². The number of nitrogens with one attached hydrogen (secondary N) is 2. The molecule has 188 valence electrons. The minimum absolute atomic E-state index is 0.0364. The van der Waals surface area contributed by atoms with Gasteiger partial charge in [0, 0.05) is 17.4 Å². The molecular weight excluding hydrogens is 512 g/mol. The number of furan rings is 1. The van der Waals surface area contributed by atoms with Crippen LogP contribution in [0, 0.1) is 0 Å². The Labute approximate surface area is 218 Å². The molecule has 3 heterocycles. The van der Waals surface area contributed by atoms with Crippen molar-refractivity contribution in [1.29, 1.82) is 0 Å². The fraction of sp³-hybridized carbons (Fsp3) is 0.115. The van der Waals surface area contributed by atoms with E-state index in [4.69, 9.17) is 4.42 Å². The highest BCUT2D eigenvalue weighted by molar-refractivity contribution is 8.00. The second kappa shape index (κ2) is 10.5. The van der Waals surface area contributed by atoms with Crippen LogP contribution in [0.3, 0.4) is 0 Å². The summed E-state index contributed by atoms with van der Waals surface area (Å²) in [5, 5.41) is 2.61. The van der Waals surface area contributed by atoms with E-state index in [9.17, 15) is 18.0 Å². The van der Waals surface area contributed by atoms with Gasteiger partial charge < -0.3 is 14.6 Å². The van der Waals surface area contributed by atoms with E-state index in [2.05, 4.69) is 15.0 Å². The summed E-state index contributed by atoms with van der Waals surface area (Å²) in [6, 6.07) is 19.8. The van der Waals surface area contributed by atoms with E-state index in [0.29, 0.717) is 35.0 Å². The van der Waals surface area contributed by atoms with Crippen LogP contribution in [0.1, 0.15) is 27.1 Å². The lowest BCUT2D eigenvalue weighted by Gasteiger charge is -2.23. The van der Waals surface area contributed by atoms with Crippen molar-refractivity contribution >= 4 is 45.0 Å². The highest BCUT2D eigenvalue weighted by atomic mass is 32.2. The molecule has 0 saturated carbocycles. The van der Waals surface area contributed by atoms with E-state index in [1.54, 1.807) is 47.7 Å². The van der Waals surface area contributed by atoms with Crippen LogP contribution < -0.4 is 10.0 Å². The number of carbonyl (C=O) groups excluding carboxylic acids is 2. The van der Waals surface area contributed by atoms with Gasteiger partial charge in [0.1, 0.15) is 11.1 Å². The highest BCUT2D eigenvalue weighted by Crippen LogP contribution is 2.39. The van der Waals surface area contributed by atoms with E-state index in [1.807, 2.05) is 18.2 Å². The number of benzene rings is 2. The number of amides is 2. The van der Waals surface area contributed by atoms with Crippen LogP contribution >= 0.6 is 11.8 Å². The minimum atomic E-state index is -3.79. The summed E-state index contributed by atoms with van der Waals surface area (Å²) in [6.07, 6.45) is 4.54. The molecule has 0 bridgehead atoms. The third-order valence-electron chi connectivity index (χ3n) is 5.67. The molecule has 1 aliphatic heterocycles. The predicted molar refractivity (Wildman–Crippen MR) is 140 cm³/mol. The van der Waals surface area contributed by atoms with Crippen LogP contribution in [0.5, 0.6) is 0 Å². The van der Waals surface area contributed by atoms with Crippen molar-refractivity contribution in [3.05, 3.63) is 108 Å². The maximum Gasteiger partial charge on any atom is 0.261 e. The Bertz CT molecular complexity index is 1490. The van der Waals surface area contributed by atoms with Crippen molar-refractivity contribution in [1.82, 2.24) is 9.88 Å². The first-order valence-electron chi connectivity index (χ1n) is 11.3. The summed E-state index contributed by atoms with van der Waals surface area (Å²) in [4.78, 5) is 30.9. The van der Waals surface area contributed by atoms with Crippen LogP contribution in [0.2, 0.25) is 0 Å². The van der Waals surface area contributed by atoms with Crippen LogP contribution in [0.15, 0.2) is 101 Å². The molecule has 1 atom stereocenters. The van der Waals surface area contributed by atoms with Gasteiger partial charge in [-0.05, 0) is 66.2 Å². The Kier molecular flexibility index (Phi) is 6.97. The van der Waals surface area contributed by atoms with Crippen LogP contribution in [0.4, 0.5) is 11.4 Å². The number of sulfonamides is 1. The number of rotatable bonds is 8. The second-order valence-corrected chi connectivity index (χ2v) is 11.0. The fourth-order valence-electron chi connectivity index (χ4n) is 3.83. The number of hydrogen-bond donors (Lipinski definition) is 2. The third-order valence-corrected chi connectivity index (χ3v) is 8.32. The lowest BCUT2D eigenvalue weighted by Crippen LogP contribution is -2.27. The van der Waals surface area contributed by atoms with Crippen LogP contribution in [-0.4, -0.2) is 35.9 Å². The summed E-state index contributed by atoms with van der Waals surface area (Å²) >= 11 is 1.53. The number of pyridine rings is 1. The Morgan fingerprint density at radius 2 is 1.81 bits per heavy atom. The quantitative estimate of drug-likeness (QED) is 0.341. The Morgan fingerprint density at radius 3 is 2.49 bits per heavy atom. The first-order valence-corrected chi connectivity index (χ1v) is 13.8. The van der Waals surface area contributed by atoms with Gasteiger partial charge in [0.2, 0.25) is 5.91 Å². The third kappa shape index (κ3) is 5.68. The zero-order valence-electron chi connectivity index (χ0n) is 19.4. The molecule has 11 heteroatoms. The number of carbonyl (C=O) groups is 2. The summed E-state index contributed by atoms with van der Waals surface area (Å²) in [7, 11) is -3.79. The molecule has 2 aromatic heterocycles. The molecule has 4 aromatic rings. The zero-order chi connectivity index (χ0) is 25.8. The van der Waals surface area contributed by atoms with Crippen LogP contribution in [-0.2, 0) is 21.4 Å². The first-order chi connectivity index (χ1) is 17.9. The molecule has 0 aliphatic carbocycles. The Hall–Kier alpha value is -4.09. The van der Waals surface area contributed by atoms with Gasteiger partial charge in [0.05, 0.1) is 35.3 Å². The van der Waals surface area contributed by atoms with Crippen molar-refractivity contribution in [3.63, 3.8) is 0 Å². The maximum absolute atomic E-state index is 12.8. The molecule has 0 spiro atoms. The normalized spacial score (nSPS) is 15.5. The maximum atomic E-state index is 12.8. The standard InChI is InChI=1S/C26H22N4O5S2/c31-24-17-36-26(30(24)16-22-4-2-14-35-22)19-7-5-18(6-8-19)25(32)28-20-9-11-23(12-10-20)37(33,34)29-21-3-1-13-27-15-21/h1-15,26,29H,16-17H2,(H,28,32)/t26-/m0/s1. The Balaban J connectivity index is 1.23. The lowest BCUT2D eigenvalue weighted by atomic mass is 10.1. The van der Waals surface area contributed by atoms with Gasteiger partial charge >= 0.3 is 0 Å². The Morgan fingerprint density at radius 1 is 1.03 bits per heavy atom. The van der Waals surface area contributed by atoms with Crippen molar-refractivity contribution in [3.8, 4) is 0 Å². The van der Waals surface area contributed by atoms with Gasteiger partial charge in [-0.15, -0.1) is 11.8 Å². The molecule has 2 aromatic carbocycles. The van der Waals surface area contributed by atoms with Crippen molar-refractivity contribution < 1.29 is 22.4 Å². The molecule has 0 radical (unpaired) electrons. The molecule has 9 nitrogen and oxygen atoms in total. The zero-order valence-corrected chi connectivity index (χ0v) is 21.0. The molecule has 2 N–H and O–H groups in total. The van der Waals surface area contributed by atoms with Crippen LogP contribution in [0.25, 0.3) is 0 Å². The van der Waals surface area contributed by atoms with Crippen molar-refractivity contribution in [2.75, 3.05) is 15.8 Å². The monoisotopic (exact) mass is 534 g/mol. The molecule has 37 heavy (non-hydrogen) atoms. The molecule has 0 unspecified atom stereocenters. The molecule has 5 rings (SSSR count). The SMILES string of the molecule is O=C(Nc1ccc(S(=O)(=O)Nc2cccnc2)cc1)c1ccc([C@@H]2SCC(=O)N2Cc2ccco2)cc1. The summed E-state index contributed by atoms with van der Waals surface area (Å²) in [5.74, 6) is 0.799. The summed E-state index contributed by atoms with van der Waals surface area (Å²) < 4.78 is 33.0. The van der Waals surface area contributed by atoms with Gasteiger partial charge in [0.15, 0.2) is 0 Å². The van der Waals surface area contributed by atoms with Gasteiger partial charge in [-0.25, -0.2) is 8.42 Å². The topological polar surface area (TPSA) is 122 Å². The molecular formula is C26H22N4O5S2. The average Bonchev–Trinajstić information content (AvgIpc) is 3.55. The van der Waals surface area contributed by atoms with E-state index < -0.39 is 10.0 Å². The number of aromatic nitrogens is 1. The highest BCUT2D eigenvalue weighted by Gasteiger charge is 2.33. The number of thioether (sulfide) groups is 1. The van der Waals surface area contributed by atoms with E-state index in [-0.39, 0.29) is 22.1 Å². The molecule has 1 aliphatic rings. The van der Waals surface area contributed by atoms with Crippen molar-refractivity contribution in [2.24, 2.45) is 0 Å². The number of anilines is 2. The van der Waals surface area contributed by atoms with Gasteiger partial charge in [0.25, 0.3) is 15.9 Å². The fourth-order valence-corrected chi connectivity index (χ4v) is 6.06. The predicted octanol–water partition coefficient (Wildman–Crippen LogP) is 4.50. The van der Waals surface area contributed by atoms with Gasteiger partial charge in [-0.2, -0.15) is 0 Å². The molecule has 1 fully saturated rings. The summed E-state index contributed by atoms with van der Waals surface area (Å²) in [5.41, 5.74) is 2.16. The van der Waals surface area contributed by atoms with E-state index in [1.165, 1.54) is 42.2 Å². The minimum Gasteiger partial charge on any atom is -0.467 e. The average molecular weight is 535 g/mol. The molecule has 1 saturated heterocycles. The molecule has 2 amide bonds. The van der Waals surface area contributed by atoms with Gasteiger partial charge in [-0.1, -0.05) is 12.1 Å². The van der Waals surface area contributed by atoms with Crippen molar-refractivity contribution in [2.45, 2.75) is 16.8 Å². The first kappa shape index (κ1) is 24.6. The second-order valence-electron chi connectivity index (χ2n) is 8.21. The number of nitrogens with zero attached hydrogens (tertiary/aromatic N) is 2. The summed E-state index contributed by atoms with van der Waals surface area (Å²) in [6.45, 7) is 0.384. The lowest BCUT2D eigenvalue weighted by molar-refractivity contribution is -0.128.